The average molecular weight is 384 g/mol. The number of aliphatic carboxylic acids is 1. The summed E-state index contributed by atoms with van der Waals surface area (Å²) in [5.41, 5.74) is -0.717. The average Bonchev–Trinajstić information content (AvgIpc) is 2.84. The van der Waals surface area contributed by atoms with Gasteiger partial charge >= 0.3 is 11.9 Å². The Morgan fingerprint density at radius 3 is 2.67 bits per heavy atom. The van der Waals surface area contributed by atoms with E-state index < -0.39 is 35.7 Å². The van der Waals surface area contributed by atoms with Crippen molar-refractivity contribution in [3.8, 4) is 0 Å². The van der Waals surface area contributed by atoms with E-state index in [-0.39, 0.29) is 30.8 Å². The minimum Gasteiger partial charge on any atom is -0.481 e. The van der Waals surface area contributed by atoms with Crippen molar-refractivity contribution in [2.24, 2.45) is 23.7 Å². The van der Waals surface area contributed by atoms with Crippen LogP contribution in [0.1, 0.15) is 52.9 Å². The third-order valence-corrected chi connectivity index (χ3v) is 6.95. The first-order valence-corrected chi connectivity index (χ1v) is 9.85. The van der Waals surface area contributed by atoms with E-state index in [4.69, 9.17) is 29.1 Å². The van der Waals surface area contributed by atoms with Gasteiger partial charge in [-0.15, -0.1) is 0 Å². The second kappa shape index (κ2) is 6.69. The predicted octanol–water partition coefficient (Wildman–Crippen LogP) is 2.25. The number of hydrogen-bond donors (Lipinski definition) is 1. The van der Waals surface area contributed by atoms with Crippen LogP contribution in [0.2, 0.25) is 0 Å². The lowest BCUT2D eigenvalue weighted by molar-refractivity contribution is -0.569. The Labute approximate surface area is 158 Å². The van der Waals surface area contributed by atoms with Crippen LogP contribution >= 0.6 is 0 Å². The highest BCUT2D eigenvalue weighted by Gasteiger charge is 2.70. The fourth-order valence-electron chi connectivity index (χ4n) is 5.50. The minimum atomic E-state index is -1.01. The highest BCUT2D eigenvalue weighted by atomic mass is 17.3. The highest BCUT2D eigenvalue weighted by molar-refractivity contribution is 5.76. The number of carboxylic acids is 1. The van der Waals surface area contributed by atoms with E-state index in [0.717, 1.165) is 19.3 Å². The molecule has 5 rings (SSSR count). The summed E-state index contributed by atoms with van der Waals surface area (Å²) in [4.78, 5) is 35.0. The van der Waals surface area contributed by atoms with Crippen molar-refractivity contribution < 1.29 is 38.7 Å². The Kier molecular flexibility index (Phi) is 4.73. The van der Waals surface area contributed by atoms with Gasteiger partial charge in [0.15, 0.2) is 18.0 Å². The molecule has 0 aromatic rings. The molecule has 2 bridgehead atoms. The number of carbonyl (C=O) groups is 2. The molecule has 4 heterocycles. The zero-order valence-corrected chi connectivity index (χ0v) is 16.0. The maximum absolute atomic E-state index is 12.6. The van der Waals surface area contributed by atoms with Gasteiger partial charge in [0.05, 0.1) is 6.42 Å². The van der Waals surface area contributed by atoms with E-state index >= 15 is 0 Å². The molecule has 1 spiro atoms. The number of carbonyl (C=O) groups excluding carboxylic acids is 1. The van der Waals surface area contributed by atoms with Crippen molar-refractivity contribution in [3.05, 3.63) is 0 Å². The van der Waals surface area contributed by atoms with Crippen molar-refractivity contribution in [1.29, 1.82) is 0 Å². The van der Waals surface area contributed by atoms with Crippen molar-refractivity contribution in [1.82, 2.24) is 0 Å². The molecule has 1 saturated carbocycles. The molecule has 0 aromatic heterocycles. The SMILES string of the molecule is C[C@@H]1CCC2[C@@H](C)[C@H](C(=O)OCCC(=O)O)O[C@@H]3O[C@]4(C)CC[C@@H]1C23OO4. The van der Waals surface area contributed by atoms with Crippen LogP contribution in [-0.4, -0.2) is 47.4 Å². The van der Waals surface area contributed by atoms with Gasteiger partial charge in [-0.25, -0.2) is 14.6 Å². The van der Waals surface area contributed by atoms with Crippen LogP contribution in [0.5, 0.6) is 0 Å². The largest absolute Gasteiger partial charge is 0.481 e. The Balaban J connectivity index is 1.60. The Morgan fingerprint density at radius 2 is 1.93 bits per heavy atom. The lowest BCUT2D eigenvalue weighted by Gasteiger charge is -2.60. The lowest BCUT2D eigenvalue weighted by atomic mass is 9.57. The molecule has 1 aliphatic carbocycles. The quantitative estimate of drug-likeness (QED) is 0.582. The smallest absolute Gasteiger partial charge is 0.335 e. The molecular formula is C19H28O8. The normalized spacial score (nSPS) is 48.4. The Bertz CT molecular complexity index is 623. The number of rotatable bonds is 4. The van der Waals surface area contributed by atoms with Gasteiger partial charge in [-0.1, -0.05) is 13.8 Å². The van der Waals surface area contributed by atoms with Crippen LogP contribution in [-0.2, 0) is 33.6 Å². The van der Waals surface area contributed by atoms with Gasteiger partial charge in [0, 0.05) is 12.3 Å². The van der Waals surface area contributed by atoms with Crippen molar-refractivity contribution in [3.63, 3.8) is 0 Å². The number of carboxylic acid groups (broad SMARTS) is 1. The Hall–Kier alpha value is -1.22. The summed E-state index contributed by atoms with van der Waals surface area (Å²) < 4.78 is 17.5. The van der Waals surface area contributed by atoms with E-state index in [1.54, 1.807) is 0 Å². The maximum Gasteiger partial charge on any atom is 0.335 e. The fourth-order valence-corrected chi connectivity index (χ4v) is 5.50. The van der Waals surface area contributed by atoms with E-state index in [1.807, 2.05) is 13.8 Å². The molecule has 27 heavy (non-hydrogen) atoms. The molecule has 4 saturated heterocycles. The van der Waals surface area contributed by atoms with Crippen LogP contribution in [0.15, 0.2) is 0 Å². The number of hydrogen-bond acceptors (Lipinski definition) is 7. The maximum atomic E-state index is 12.6. The van der Waals surface area contributed by atoms with Crippen molar-refractivity contribution >= 4 is 11.9 Å². The van der Waals surface area contributed by atoms with Gasteiger partial charge in [-0.3, -0.25) is 4.79 Å². The van der Waals surface area contributed by atoms with E-state index in [2.05, 4.69) is 6.92 Å². The zero-order chi connectivity index (χ0) is 19.4. The number of esters is 1. The number of fused-ring (bicyclic) bond motifs is 2. The molecule has 1 N–H and O–H groups in total. The summed E-state index contributed by atoms with van der Waals surface area (Å²) in [6.45, 7) is 5.86. The summed E-state index contributed by atoms with van der Waals surface area (Å²) in [6.07, 6.45) is 1.84. The minimum absolute atomic E-state index is 0.0390. The first kappa shape index (κ1) is 19.1. The van der Waals surface area contributed by atoms with Crippen molar-refractivity contribution in [2.75, 3.05) is 6.61 Å². The zero-order valence-electron chi connectivity index (χ0n) is 16.0. The molecule has 0 aromatic carbocycles. The van der Waals surface area contributed by atoms with Crippen LogP contribution in [0.4, 0.5) is 0 Å². The van der Waals surface area contributed by atoms with Gasteiger partial charge < -0.3 is 19.3 Å². The molecule has 152 valence electrons. The molecule has 0 amide bonds. The molecule has 8 atom stereocenters. The van der Waals surface area contributed by atoms with Gasteiger partial charge in [0.2, 0.25) is 5.79 Å². The summed E-state index contributed by atoms with van der Waals surface area (Å²) in [5, 5.41) is 8.74. The molecule has 4 aliphatic heterocycles. The predicted molar refractivity (Wildman–Crippen MR) is 90.0 cm³/mol. The second-order valence-electron chi connectivity index (χ2n) is 8.64. The van der Waals surface area contributed by atoms with E-state index in [0.29, 0.717) is 12.3 Å². The molecule has 5 aliphatic rings. The standard InChI is InChI=1S/C19H28O8/c1-10-4-5-13-11(2)15(16(22)23-9-7-14(20)21)24-17-19(13)12(10)6-8-18(3,25-17)26-27-19/h10-13,15,17H,4-9H2,1-3H3,(H,20,21)/t10-,11-,12+,13?,15-,17-,18+,19?/m1/s1. The summed E-state index contributed by atoms with van der Waals surface area (Å²) in [6, 6.07) is 0. The first-order valence-electron chi connectivity index (χ1n) is 9.85. The van der Waals surface area contributed by atoms with Crippen LogP contribution in [0, 0.1) is 23.7 Å². The third kappa shape index (κ3) is 2.97. The molecule has 8 nitrogen and oxygen atoms in total. The molecule has 5 fully saturated rings. The monoisotopic (exact) mass is 384 g/mol. The van der Waals surface area contributed by atoms with Crippen LogP contribution in [0.25, 0.3) is 0 Å². The first-order chi connectivity index (χ1) is 12.8. The van der Waals surface area contributed by atoms with E-state index in [1.165, 1.54) is 0 Å². The third-order valence-electron chi connectivity index (χ3n) is 6.95. The van der Waals surface area contributed by atoms with Gasteiger partial charge in [0.1, 0.15) is 6.61 Å². The highest BCUT2D eigenvalue weighted by Crippen LogP contribution is 2.60. The molecule has 8 heteroatoms. The second-order valence-corrected chi connectivity index (χ2v) is 8.64. The lowest BCUT2D eigenvalue weighted by Crippen LogP contribution is -2.71. The van der Waals surface area contributed by atoms with Gasteiger partial charge in [0.25, 0.3) is 0 Å². The fraction of sp³-hybridized carbons (Fsp3) is 0.895. The summed E-state index contributed by atoms with van der Waals surface area (Å²) in [7, 11) is 0. The van der Waals surface area contributed by atoms with Gasteiger partial charge in [-0.05, 0) is 43.9 Å². The molecule has 2 unspecified atom stereocenters. The van der Waals surface area contributed by atoms with Crippen LogP contribution < -0.4 is 0 Å². The molecule has 0 radical (unpaired) electrons. The number of ether oxygens (including phenoxy) is 3. The summed E-state index contributed by atoms with van der Waals surface area (Å²) >= 11 is 0. The molecular weight excluding hydrogens is 356 g/mol. The summed E-state index contributed by atoms with van der Waals surface area (Å²) in [5.74, 6) is -1.87. The van der Waals surface area contributed by atoms with E-state index in [9.17, 15) is 9.59 Å². The van der Waals surface area contributed by atoms with Gasteiger partial charge in [-0.2, -0.15) is 0 Å². The van der Waals surface area contributed by atoms with Crippen LogP contribution in [0.3, 0.4) is 0 Å². The topological polar surface area (TPSA) is 101 Å². The van der Waals surface area contributed by atoms with Crippen molar-refractivity contribution in [2.45, 2.75) is 76.7 Å². The Morgan fingerprint density at radius 1 is 1.15 bits per heavy atom.